The SMILES string of the molecule is C[C@H](CO)C1CCC2C(OS(=O)(=O)C(F)(F)F)=CCC[C@@]21C. The molecule has 0 heterocycles. The number of halogens is 3. The van der Waals surface area contributed by atoms with Gasteiger partial charge in [-0.3, -0.25) is 0 Å². The first kappa shape index (κ1) is 17.6. The molecule has 4 nitrogen and oxygen atoms in total. The highest BCUT2D eigenvalue weighted by atomic mass is 32.2. The zero-order valence-electron chi connectivity index (χ0n) is 12.6. The highest BCUT2D eigenvalue weighted by Gasteiger charge is 2.54. The summed E-state index contributed by atoms with van der Waals surface area (Å²) in [6, 6.07) is 0. The molecule has 8 heteroatoms. The quantitative estimate of drug-likeness (QED) is 0.629. The summed E-state index contributed by atoms with van der Waals surface area (Å²) in [4.78, 5) is 0. The molecule has 0 radical (unpaired) electrons. The summed E-state index contributed by atoms with van der Waals surface area (Å²) in [7, 11) is -5.62. The van der Waals surface area contributed by atoms with Crippen LogP contribution in [0.5, 0.6) is 0 Å². The second-order valence-electron chi connectivity index (χ2n) is 6.53. The summed E-state index contributed by atoms with van der Waals surface area (Å²) in [6.45, 7) is 3.87. The Morgan fingerprint density at radius 1 is 1.45 bits per heavy atom. The molecule has 2 rings (SSSR count). The van der Waals surface area contributed by atoms with Gasteiger partial charge in [-0.2, -0.15) is 21.6 Å². The number of fused-ring (bicyclic) bond motifs is 1. The van der Waals surface area contributed by atoms with Crippen LogP contribution in [0.25, 0.3) is 0 Å². The van der Waals surface area contributed by atoms with Crippen LogP contribution in [0.2, 0.25) is 0 Å². The molecule has 0 aromatic heterocycles. The Morgan fingerprint density at radius 2 is 2.09 bits per heavy atom. The van der Waals surface area contributed by atoms with E-state index in [1.807, 2.05) is 13.8 Å². The Balaban J connectivity index is 2.26. The van der Waals surface area contributed by atoms with Crippen LogP contribution in [0, 0.1) is 23.2 Å². The number of allylic oxidation sites excluding steroid dienone is 2. The van der Waals surface area contributed by atoms with Gasteiger partial charge in [0.05, 0.1) is 0 Å². The molecule has 0 saturated heterocycles. The van der Waals surface area contributed by atoms with Gasteiger partial charge in [0.2, 0.25) is 0 Å². The predicted molar refractivity (Wildman–Crippen MR) is 73.9 cm³/mol. The molecule has 128 valence electrons. The fourth-order valence-electron chi connectivity index (χ4n) is 4.09. The Kier molecular flexibility index (Phi) is 4.56. The van der Waals surface area contributed by atoms with E-state index >= 15 is 0 Å². The first-order valence-electron chi connectivity index (χ1n) is 7.34. The number of alkyl halides is 3. The van der Waals surface area contributed by atoms with E-state index in [0.29, 0.717) is 12.8 Å². The van der Waals surface area contributed by atoms with Crippen LogP contribution in [0.3, 0.4) is 0 Å². The lowest BCUT2D eigenvalue weighted by molar-refractivity contribution is -0.0537. The molecule has 4 atom stereocenters. The fourth-order valence-corrected chi connectivity index (χ4v) is 4.62. The molecular formula is C14H21F3O4S. The molecule has 0 amide bonds. The van der Waals surface area contributed by atoms with Crippen LogP contribution in [0.4, 0.5) is 13.2 Å². The molecule has 0 aromatic carbocycles. The van der Waals surface area contributed by atoms with Crippen LogP contribution >= 0.6 is 0 Å². The maximum atomic E-state index is 12.5. The average Bonchev–Trinajstić information content (AvgIpc) is 2.74. The van der Waals surface area contributed by atoms with E-state index in [1.165, 1.54) is 6.08 Å². The summed E-state index contributed by atoms with van der Waals surface area (Å²) in [6.07, 6.45) is 4.01. The zero-order chi connectivity index (χ0) is 16.8. The van der Waals surface area contributed by atoms with Gasteiger partial charge < -0.3 is 9.29 Å². The normalized spacial score (nSPS) is 34.0. The molecule has 1 N–H and O–H groups in total. The van der Waals surface area contributed by atoms with E-state index < -0.39 is 15.6 Å². The molecule has 2 unspecified atom stereocenters. The summed E-state index contributed by atoms with van der Waals surface area (Å²) in [5.74, 6) is -0.270. The summed E-state index contributed by atoms with van der Waals surface area (Å²) >= 11 is 0. The minimum Gasteiger partial charge on any atom is -0.396 e. The van der Waals surface area contributed by atoms with E-state index in [-0.39, 0.29) is 35.5 Å². The van der Waals surface area contributed by atoms with Crippen molar-refractivity contribution < 1.29 is 30.9 Å². The van der Waals surface area contributed by atoms with Crippen molar-refractivity contribution in [2.45, 2.75) is 45.0 Å². The van der Waals surface area contributed by atoms with Gasteiger partial charge in [0.1, 0.15) is 5.76 Å². The maximum absolute atomic E-state index is 12.5. The highest BCUT2D eigenvalue weighted by Crippen LogP contribution is 2.58. The minimum atomic E-state index is -5.62. The molecule has 2 aliphatic carbocycles. The average molecular weight is 342 g/mol. The van der Waals surface area contributed by atoms with Gasteiger partial charge in [0.25, 0.3) is 0 Å². The summed E-state index contributed by atoms with van der Waals surface area (Å²) in [5, 5.41) is 9.37. The highest BCUT2D eigenvalue weighted by molar-refractivity contribution is 7.87. The van der Waals surface area contributed by atoms with Gasteiger partial charge in [-0.1, -0.05) is 13.8 Å². The lowest BCUT2D eigenvalue weighted by Crippen LogP contribution is -2.37. The van der Waals surface area contributed by atoms with Crippen molar-refractivity contribution >= 4 is 10.1 Å². The molecule has 1 saturated carbocycles. The number of hydrogen-bond acceptors (Lipinski definition) is 4. The van der Waals surface area contributed by atoms with E-state index in [2.05, 4.69) is 4.18 Å². The van der Waals surface area contributed by atoms with E-state index in [0.717, 1.165) is 12.8 Å². The zero-order valence-corrected chi connectivity index (χ0v) is 13.4. The van der Waals surface area contributed by atoms with Crippen LogP contribution in [-0.2, 0) is 14.3 Å². The van der Waals surface area contributed by atoms with Gasteiger partial charge in [-0.15, -0.1) is 0 Å². The first-order valence-corrected chi connectivity index (χ1v) is 8.75. The molecule has 2 aliphatic rings. The van der Waals surface area contributed by atoms with Crippen molar-refractivity contribution in [2.24, 2.45) is 23.2 Å². The van der Waals surface area contributed by atoms with Gasteiger partial charge in [0.15, 0.2) is 0 Å². The second-order valence-corrected chi connectivity index (χ2v) is 8.07. The Morgan fingerprint density at radius 3 is 2.64 bits per heavy atom. The van der Waals surface area contributed by atoms with Crippen LogP contribution in [-0.4, -0.2) is 25.6 Å². The number of aliphatic hydroxyl groups is 1. The minimum absolute atomic E-state index is 0.00767. The Bertz CT molecular complexity index is 555. The molecule has 0 bridgehead atoms. The standard InChI is InChI=1S/C14H21F3O4S/c1-9(8-18)10-5-6-11-12(4-3-7-13(10,11)2)21-22(19,20)14(15,16)17/h4,9-11,18H,3,5-8H2,1-2H3/t9-,10?,11?,13-/m1/s1. The predicted octanol–water partition coefficient (Wildman–Crippen LogP) is 3.19. The summed E-state index contributed by atoms with van der Waals surface area (Å²) < 4.78 is 64.5. The largest absolute Gasteiger partial charge is 0.534 e. The Labute approximate surface area is 128 Å². The monoisotopic (exact) mass is 342 g/mol. The van der Waals surface area contributed by atoms with Gasteiger partial charge >= 0.3 is 15.6 Å². The van der Waals surface area contributed by atoms with Gasteiger partial charge in [-0.05, 0) is 49.0 Å². The number of rotatable bonds is 4. The molecule has 0 aromatic rings. The van der Waals surface area contributed by atoms with Crippen molar-refractivity contribution in [3.63, 3.8) is 0 Å². The lowest BCUT2D eigenvalue weighted by atomic mass is 9.64. The first-order chi connectivity index (χ1) is 10.0. The summed E-state index contributed by atoms with van der Waals surface area (Å²) in [5.41, 5.74) is -5.76. The topological polar surface area (TPSA) is 63.6 Å². The lowest BCUT2D eigenvalue weighted by Gasteiger charge is -2.42. The molecule has 1 fully saturated rings. The van der Waals surface area contributed by atoms with E-state index in [4.69, 9.17) is 0 Å². The molecule has 22 heavy (non-hydrogen) atoms. The third-order valence-corrected chi connectivity index (χ3v) is 6.22. The molecule has 0 spiro atoms. The van der Waals surface area contributed by atoms with Crippen LogP contribution in [0.1, 0.15) is 39.5 Å². The maximum Gasteiger partial charge on any atom is 0.534 e. The number of hydrogen-bond donors (Lipinski definition) is 1. The second kappa shape index (κ2) is 5.70. The molecular weight excluding hydrogens is 321 g/mol. The Hall–Kier alpha value is -0.760. The molecule has 0 aliphatic heterocycles. The van der Waals surface area contributed by atoms with Crippen molar-refractivity contribution in [1.29, 1.82) is 0 Å². The van der Waals surface area contributed by atoms with Crippen molar-refractivity contribution in [3.05, 3.63) is 11.8 Å². The number of aliphatic hydroxyl groups excluding tert-OH is 1. The van der Waals surface area contributed by atoms with Gasteiger partial charge in [-0.25, -0.2) is 0 Å². The third kappa shape index (κ3) is 2.87. The van der Waals surface area contributed by atoms with E-state index in [9.17, 15) is 26.7 Å². The third-order valence-electron chi connectivity index (χ3n) is 5.25. The fraction of sp³-hybridized carbons (Fsp3) is 0.857. The van der Waals surface area contributed by atoms with Crippen molar-refractivity contribution in [1.82, 2.24) is 0 Å². The van der Waals surface area contributed by atoms with Crippen molar-refractivity contribution in [2.75, 3.05) is 6.61 Å². The van der Waals surface area contributed by atoms with Crippen molar-refractivity contribution in [3.8, 4) is 0 Å². The van der Waals surface area contributed by atoms with Crippen LogP contribution in [0.15, 0.2) is 11.8 Å². The smallest absolute Gasteiger partial charge is 0.396 e. The van der Waals surface area contributed by atoms with Gasteiger partial charge in [0, 0.05) is 12.5 Å². The van der Waals surface area contributed by atoms with E-state index in [1.54, 1.807) is 0 Å². The van der Waals surface area contributed by atoms with Crippen LogP contribution < -0.4 is 0 Å².